The van der Waals surface area contributed by atoms with E-state index >= 15 is 0 Å². The number of pyridine rings is 1. The van der Waals surface area contributed by atoms with Crippen molar-refractivity contribution < 1.29 is 18.7 Å². The number of carbonyl (C=O) groups is 2. The van der Waals surface area contributed by atoms with Crippen molar-refractivity contribution in [1.82, 2.24) is 24.1 Å². The molecule has 0 radical (unpaired) electrons. The summed E-state index contributed by atoms with van der Waals surface area (Å²) in [6, 6.07) is 5.44. The van der Waals surface area contributed by atoms with Crippen molar-refractivity contribution >= 4 is 39.9 Å². The number of imidazole rings is 1. The number of aromatic nitrogens is 4. The van der Waals surface area contributed by atoms with Gasteiger partial charge in [0.05, 0.1) is 16.9 Å². The van der Waals surface area contributed by atoms with Gasteiger partial charge in [0.25, 0.3) is 5.91 Å². The highest BCUT2D eigenvalue weighted by Gasteiger charge is 2.41. The fourth-order valence-electron chi connectivity index (χ4n) is 5.91. The number of ether oxygens (including phenoxy) is 1. The van der Waals surface area contributed by atoms with Gasteiger partial charge in [0, 0.05) is 67.4 Å². The fourth-order valence-corrected chi connectivity index (χ4v) is 5.91. The maximum absolute atomic E-state index is 14.8. The summed E-state index contributed by atoms with van der Waals surface area (Å²) in [6.07, 6.45) is 7.12. The van der Waals surface area contributed by atoms with Crippen LogP contribution in [0.4, 0.5) is 20.6 Å². The highest BCUT2D eigenvalue weighted by Crippen LogP contribution is 2.36. The van der Waals surface area contributed by atoms with Crippen LogP contribution in [0.2, 0.25) is 0 Å². The summed E-state index contributed by atoms with van der Waals surface area (Å²) in [5, 5.41) is 8.34. The van der Waals surface area contributed by atoms with Gasteiger partial charge in [0.15, 0.2) is 11.5 Å². The number of hydrogen-bond donors (Lipinski definition) is 1. The smallest absolute Gasteiger partial charge is 0.410 e. The number of fused-ring (bicyclic) bond motifs is 2. The molecular weight excluding hydrogens is 537 g/mol. The molecule has 2 fully saturated rings. The van der Waals surface area contributed by atoms with E-state index in [0.29, 0.717) is 16.8 Å². The van der Waals surface area contributed by atoms with Crippen LogP contribution in [0, 0.1) is 19.7 Å². The maximum atomic E-state index is 14.8. The molecule has 2 amide bonds. The lowest BCUT2D eigenvalue weighted by atomic mass is 10.0. The average molecular weight is 576 g/mol. The Morgan fingerprint density at radius 3 is 2.43 bits per heavy atom. The van der Waals surface area contributed by atoms with E-state index in [2.05, 4.69) is 20.3 Å². The van der Waals surface area contributed by atoms with Gasteiger partial charge >= 0.3 is 6.09 Å². The zero-order chi connectivity index (χ0) is 29.9. The van der Waals surface area contributed by atoms with Gasteiger partial charge in [-0.3, -0.25) is 13.9 Å². The monoisotopic (exact) mass is 575 g/mol. The molecule has 1 saturated carbocycles. The highest BCUT2D eigenvalue weighted by molar-refractivity contribution is 6.13. The second kappa shape index (κ2) is 10.3. The minimum absolute atomic E-state index is 0.138. The predicted molar refractivity (Wildman–Crippen MR) is 160 cm³/mol. The molecule has 4 heterocycles. The van der Waals surface area contributed by atoms with Gasteiger partial charge in [-0.2, -0.15) is 5.10 Å². The standard InChI is InChI=1S/C31H38FN7O3/c1-18-19(2)38-16-20(15-25(32)28(38)33-18)34-29(40)23-9-10-26(24-17-36(6)35-27(23)24)37-13-11-22(12-14-37)39(21-7-8-21)30(41)42-31(3,4)5/h9-10,15-17,21-22H,7-8,11-14H2,1-6H3,(H,34,40). The molecule has 1 N–H and O–H groups in total. The van der Waals surface area contributed by atoms with Crippen LogP contribution >= 0.6 is 0 Å². The van der Waals surface area contributed by atoms with Crippen molar-refractivity contribution in [2.45, 2.75) is 78.0 Å². The molecule has 0 unspecified atom stereocenters. The normalized spacial score (nSPS) is 16.3. The molecule has 1 aliphatic carbocycles. The number of nitrogens with one attached hydrogen (secondary N) is 1. The number of rotatable bonds is 5. The number of amides is 2. The van der Waals surface area contributed by atoms with Crippen LogP contribution in [0.15, 0.2) is 30.6 Å². The second-order valence-corrected chi connectivity index (χ2v) is 12.5. The molecule has 11 heteroatoms. The molecule has 1 aromatic carbocycles. The zero-order valence-electron chi connectivity index (χ0n) is 25.1. The minimum atomic E-state index is -0.525. The van der Waals surface area contributed by atoms with Gasteiger partial charge in [-0.1, -0.05) is 0 Å². The Morgan fingerprint density at radius 2 is 1.76 bits per heavy atom. The third kappa shape index (κ3) is 5.28. The Kier molecular flexibility index (Phi) is 6.86. The number of benzene rings is 1. The Labute approximate surface area is 244 Å². The van der Waals surface area contributed by atoms with E-state index in [1.54, 1.807) is 21.3 Å². The molecule has 10 nitrogen and oxygen atoms in total. The Morgan fingerprint density at radius 1 is 1.07 bits per heavy atom. The van der Waals surface area contributed by atoms with Crippen molar-refractivity contribution in [3.8, 4) is 0 Å². The summed E-state index contributed by atoms with van der Waals surface area (Å²) in [5.74, 6) is -0.868. The quantitative estimate of drug-likeness (QED) is 0.333. The molecule has 3 aromatic heterocycles. The SMILES string of the molecule is Cc1nc2c(F)cc(NC(=O)c3ccc(N4CCC(N(C(=O)OC(C)(C)C)C5CC5)CC4)c4cn(C)nc34)cn2c1C. The van der Waals surface area contributed by atoms with Gasteiger partial charge in [0.1, 0.15) is 11.1 Å². The molecule has 0 atom stereocenters. The van der Waals surface area contributed by atoms with Gasteiger partial charge in [0.2, 0.25) is 0 Å². The van der Waals surface area contributed by atoms with Crippen LogP contribution in [0.1, 0.15) is 68.2 Å². The van der Waals surface area contributed by atoms with Crippen molar-refractivity contribution in [2.75, 3.05) is 23.3 Å². The number of carbonyl (C=O) groups excluding carboxylic acids is 2. The lowest BCUT2D eigenvalue weighted by Crippen LogP contribution is -2.50. The predicted octanol–water partition coefficient (Wildman–Crippen LogP) is 5.60. The van der Waals surface area contributed by atoms with Crippen LogP contribution < -0.4 is 10.2 Å². The van der Waals surface area contributed by atoms with Crippen molar-refractivity contribution in [1.29, 1.82) is 0 Å². The molecule has 1 aliphatic heterocycles. The van der Waals surface area contributed by atoms with Crippen LogP contribution in [-0.2, 0) is 11.8 Å². The van der Waals surface area contributed by atoms with Crippen molar-refractivity contribution in [2.24, 2.45) is 7.05 Å². The minimum Gasteiger partial charge on any atom is -0.444 e. The molecule has 42 heavy (non-hydrogen) atoms. The largest absolute Gasteiger partial charge is 0.444 e. The van der Waals surface area contributed by atoms with E-state index in [0.717, 1.165) is 61.2 Å². The fraction of sp³-hybridized carbons (Fsp3) is 0.484. The number of aryl methyl sites for hydroxylation is 3. The number of halogens is 1. The van der Waals surface area contributed by atoms with Gasteiger partial charge in [-0.05, 0) is 72.4 Å². The van der Waals surface area contributed by atoms with Gasteiger partial charge in [-0.15, -0.1) is 0 Å². The third-order valence-electron chi connectivity index (χ3n) is 8.16. The number of hydrogen-bond acceptors (Lipinski definition) is 6. The summed E-state index contributed by atoms with van der Waals surface area (Å²) in [7, 11) is 1.83. The summed E-state index contributed by atoms with van der Waals surface area (Å²) in [6.45, 7) is 10.9. The lowest BCUT2D eigenvalue weighted by molar-refractivity contribution is 0.0114. The summed E-state index contributed by atoms with van der Waals surface area (Å²) in [5.41, 5.74) is 3.58. The Balaban J connectivity index is 1.21. The second-order valence-electron chi connectivity index (χ2n) is 12.5. The summed E-state index contributed by atoms with van der Waals surface area (Å²) < 4.78 is 23.9. The van der Waals surface area contributed by atoms with Gasteiger partial charge in [-0.25, -0.2) is 14.2 Å². The topological polar surface area (TPSA) is 97.0 Å². The Hall–Kier alpha value is -4.15. The lowest BCUT2D eigenvalue weighted by Gasteiger charge is -2.40. The van der Waals surface area contributed by atoms with Crippen molar-refractivity contribution in [3.05, 3.63) is 53.4 Å². The van der Waals surface area contributed by atoms with Crippen LogP contribution in [0.5, 0.6) is 0 Å². The van der Waals surface area contributed by atoms with E-state index < -0.39 is 11.4 Å². The maximum Gasteiger partial charge on any atom is 0.410 e. The molecule has 222 valence electrons. The molecule has 0 bridgehead atoms. The van der Waals surface area contributed by atoms with Crippen LogP contribution in [0.25, 0.3) is 16.6 Å². The number of piperidine rings is 1. The summed E-state index contributed by atoms with van der Waals surface area (Å²) in [4.78, 5) is 35.0. The van der Waals surface area contributed by atoms with E-state index in [9.17, 15) is 14.0 Å². The first-order valence-corrected chi connectivity index (χ1v) is 14.6. The number of nitrogens with zero attached hydrogens (tertiary/aromatic N) is 6. The molecule has 0 spiro atoms. The van der Waals surface area contributed by atoms with E-state index in [1.165, 1.54) is 6.07 Å². The van der Waals surface area contributed by atoms with Gasteiger partial charge < -0.3 is 19.9 Å². The zero-order valence-corrected chi connectivity index (χ0v) is 25.1. The first-order chi connectivity index (χ1) is 19.9. The first-order valence-electron chi connectivity index (χ1n) is 14.6. The van der Waals surface area contributed by atoms with E-state index in [1.807, 2.05) is 58.8 Å². The highest BCUT2D eigenvalue weighted by atomic mass is 19.1. The molecule has 6 rings (SSSR count). The van der Waals surface area contributed by atoms with E-state index in [-0.39, 0.29) is 29.7 Å². The molecular formula is C31H38FN7O3. The molecule has 1 saturated heterocycles. The van der Waals surface area contributed by atoms with E-state index in [4.69, 9.17) is 4.74 Å². The van der Waals surface area contributed by atoms with Crippen LogP contribution in [0.3, 0.4) is 0 Å². The van der Waals surface area contributed by atoms with Crippen LogP contribution in [-0.4, -0.2) is 66.8 Å². The Bertz CT molecular complexity index is 1690. The average Bonchev–Trinajstić information content (AvgIpc) is 3.59. The summed E-state index contributed by atoms with van der Waals surface area (Å²) >= 11 is 0. The molecule has 4 aromatic rings. The molecule has 2 aliphatic rings. The first kappa shape index (κ1) is 28.0. The third-order valence-corrected chi connectivity index (χ3v) is 8.16. The number of anilines is 2. The van der Waals surface area contributed by atoms with Crippen molar-refractivity contribution in [3.63, 3.8) is 0 Å².